The lowest BCUT2D eigenvalue weighted by Crippen LogP contribution is -2.17. The first-order chi connectivity index (χ1) is 8.83. The summed E-state index contributed by atoms with van der Waals surface area (Å²) in [7, 11) is 0. The lowest BCUT2D eigenvalue weighted by atomic mass is 10.0. The Morgan fingerprint density at radius 2 is 2.06 bits per heavy atom. The van der Waals surface area contributed by atoms with E-state index in [1.807, 2.05) is 37.3 Å². The maximum Gasteiger partial charge on any atom is 0.215 e. The Balaban J connectivity index is 2.29. The summed E-state index contributed by atoms with van der Waals surface area (Å²) in [4.78, 5) is 20.2. The molecule has 0 N–H and O–H groups in total. The fourth-order valence-electron chi connectivity index (χ4n) is 1.68. The second kappa shape index (κ2) is 6.02. The van der Waals surface area contributed by atoms with Crippen molar-refractivity contribution in [3.05, 3.63) is 60.2 Å². The Morgan fingerprint density at radius 1 is 1.28 bits per heavy atom. The minimum absolute atomic E-state index is 0.170. The zero-order valence-corrected chi connectivity index (χ0v) is 10.1. The van der Waals surface area contributed by atoms with Crippen molar-refractivity contribution in [2.75, 3.05) is 6.61 Å². The van der Waals surface area contributed by atoms with Crippen molar-refractivity contribution >= 4 is 5.78 Å². The molecular formula is C14H14N2O2. The molecule has 18 heavy (non-hydrogen) atoms. The van der Waals surface area contributed by atoms with E-state index in [4.69, 9.17) is 4.74 Å². The molecule has 0 saturated heterocycles. The molecule has 92 valence electrons. The molecule has 0 fully saturated rings. The van der Waals surface area contributed by atoms with Gasteiger partial charge in [-0.15, -0.1) is 0 Å². The van der Waals surface area contributed by atoms with E-state index in [1.165, 1.54) is 18.6 Å². The van der Waals surface area contributed by atoms with Crippen LogP contribution in [0, 0.1) is 0 Å². The van der Waals surface area contributed by atoms with Gasteiger partial charge in [-0.3, -0.25) is 9.78 Å². The van der Waals surface area contributed by atoms with Crippen LogP contribution in [0.5, 0.6) is 0 Å². The monoisotopic (exact) mass is 242 g/mol. The van der Waals surface area contributed by atoms with Gasteiger partial charge in [0.2, 0.25) is 5.78 Å². The quantitative estimate of drug-likeness (QED) is 0.756. The van der Waals surface area contributed by atoms with Crippen molar-refractivity contribution in [1.29, 1.82) is 0 Å². The van der Waals surface area contributed by atoms with Gasteiger partial charge in [0.15, 0.2) is 0 Å². The Morgan fingerprint density at radius 3 is 2.67 bits per heavy atom. The normalized spacial score (nSPS) is 12.1. The molecule has 4 nitrogen and oxygen atoms in total. The first-order valence-electron chi connectivity index (χ1n) is 5.79. The topological polar surface area (TPSA) is 52.1 Å². The molecule has 1 heterocycles. The van der Waals surface area contributed by atoms with Gasteiger partial charge in [-0.2, -0.15) is 0 Å². The smallest absolute Gasteiger partial charge is 0.215 e. The third-order valence-electron chi connectivity index (χ3n) is 2.49. The molecular weight excluding hydrogens is 228 g/mol. The third kappa shape index (κ3) is 2.78. The minimum Gasteiger partial charge on any atom is -0.366 e. The zero-order chi connectivity index (χ0) is 12.8. The molecule has 1 aromatic carbocycles. The van der Waals surface area contributed by atoms with Gasteiger partial charge >= 0.3 is 0 Å². The number of nitrogens with zero attached hydrogens (tertiary/aromatic N) is 2. The van der Waals surface area contributed by atoms with Gasteiger partial charge in [-0.25, -0.2) is 4.98 Å². The molecule has 1 unspecified atom stereocenters. The molecule has 1 atom stereocenters. The van der Waals surface area contributed by atoms with E-state index in [2.05, 4.69) is 9.97 Å². The van der Waals surface area contributed by atoms with Gasteiger partial charge in [0.25, 0.3) is 0 Å². The summed E-state index contributed by atoms with van der Waals surface area (Å²) in [6.45, 7) is 2.32. The standard InChI is InChI=1S/C14H14N2O2/c1-2-18-14(11-6-4-3-5-7-11)13(17)12-10-15-8-9-16-12/h3-10,14H,2H2,1H3. The summed E-state index contributed by atoms with van der Waals surface area (Å²) < 4.78 is 5.53. The van der Waals surface area contributed by atoms with E-state index in [9.17, 15) is 4.79 Å². The molecule has 2 rings (SSSR count). The first-order valence-corrected chi connectivity index (χ1v) is 5.79. The summed E-state index contributed by atoms with van der Waals surface area (Å²) in [5.74, 6) is -0.170. The second-order valence-electron chi connectivity index (χ2n) is 3.70. The van der Waals surface area contributed by atoms with Crippen LogP contribution in [0.25, 0.3) is 0 Å². The van der Waals surface area contributed by atoms with Gasteiger partial charge in [0.1, 0.15) is 11.8 Å². The Hall–Kier alpha value is -2.07. The average molecular weight is 242 g/mol. The van der Waals surface area contributed by atoms with Gasteiger partial charge in [0, 0.05) is 19.0 Å². The summed E-state index contributed by atoms with van der Waals surface area (Å²) in [6.07, 6.45) is 3.88. The van der Waals surface area contributed by atoms with Gasteiger partial charge < -0.3 is 4.74 Å². The fraction of sp³-hybridized carbons (Fsp3) is 0.214. The van der Waals surface area contributed by atoms with E-state index in [1.54, 1.807) is 0 Å². The highest BCUT2D eigenvalue weighted by molar-refractivity contribution is 5.98. The number of rotatable bonds is 5. The first kappa shape index (κ1) is 12.4. The van der Waals surface area contributed by atoms with Crippen molar-refractivity contribution < 1.29 is 9.53 Å². The highest BCUT2D eigenvalue weighted by Crippen LogP contribution is 2.21. The molecule has 0 aliphatic rings. The molecule has 0 radical (unpaired) electrons. The Kier molecular flexibility index (Phi) is 4.15. The Bertz CT molecular complexity index is 500. The minimum atomic E-state index is -0.618. The highest BCUT2D eigenvalue weighted by atomic mass is 16.5. The van der Waals surface area contributed by atoms with E-state index >= 15 is 0 Å². The van der Waals surface area contributed by atoms with Crippen LogP contribution in [0.15, 0.2) is 48.9 Å². The van der Waals surface area contributed by atoms with Crippen LogP contribution in [-0.2, 0) is 4.74 Å². The van der Waals surface area contributed by atoms with E-state index in [0.717, 1.165) is 5.56 Å². The molecule has 0 spiro atoms. The fourth-order valence-corrected chi connectivity index (χ4v) is 1.68. The van der Waals surface area contributed by atoms with Gasteiger partial charge in [0.05, 0.1) is 6.20 Å². The van der Waals surface area contributed by atoms with Crippen LogP contribution in [0.3, 0.4) is 0 Å². The molecule has 0 amide bonds. The van der Waals surface area contributed by atoms with Crippen LogP contribution in [0.1, 0.15) is 29.1 Å². The highest BCUT2D eigenvalue weighted by Gasteiger charge is 2.23. The number of aromatic nitrogens is 2. The number of carbonyl (C=O) groups excluding carboxylic acids is 1. The van der Waals surface area contributed by atoms with E-state index < -0.39 is 6.10 Å². The largest absolute Gasteiger partial charge is 0.366 e. The summed E-state index contributed by atoms with van der Waals surface area (Å²) in [5.41, 5.74) is 1.15. The van der Waals surface area contributed by atoms with Crippen molar-refractivity contribution in [3.63, 3.8) is 0 Å². The third-order valence-corrected chi connectivity index (χ3v) is 2.49. The average Bonchev–Trinajstić information content (AvgIpc) is 2.46. The van der Waals surface area contributed by atoms with Crippen molar-refractivity contribution in [3.8, 4) is 0 Å². The van der Waals surface area contributed by atoms with Crippen LogP contribution in [0.2, 0.25) is 0 Å². The number of benzene rings is 1. The van der Waals surface area contributed by atoms with Crippen LogP contribution in [0.4, 0.5) is 0 Å². The number of carbonyl (C=O) groups is 1. The van der Waals surface area contributed by atoms with Gasteiger partial charge in [-0.05, 0) is 12.5 Å². The SMILES string of the molecule is CCOC(C(=O)c1cnccn1)c1ccccc1. The summed E-state index contributed by atoms with van der Waals surface area (Å²) in [6, 6.07) is 9.40. The second-order valence-corrected chi connectivity index (χ2v) is 3.70. The van der Waals surface area contributed by atoms with Crippen LogP contribution >= 0.6 is 0 Å². The van der Waals surface area contributed by atoms with Crippen LogP contribution < -0.4 is 0 Å². The molecule has 0 saturated carbocycles. The summed E-state index contributed by atoms with van der Waals surface area (Å²) in [5, 5.41) is 0. The number of ether oxygens (including phenoxy) is 1. The maximum atomic E-state index is 12.3. The number of Topliss-reactive ketones (excluding diaryl/α,β-unsaturated/α-hetero) is 1. The van der Waals surface area contributed by atoms with Crippen molar-refractivity contribution in [2.45, 2.75) is 13.0 Å². The predicted octanol–water partition coefficient (Wildman–Crippen LogP) is 2.44. The van der Waals surface area contributed by atoms with Gasteiger partial charge in [-0.1, -0.05) is 30.3 Å². The van der Waals surface area contributed by atoms with Crippen molar-refractivity contribution in [1.82, 2.24) is 9.97 Å². The summed E-state index contributed by atoms with van der Waals surface area (Å²) >= 11 is 0. The van der Waals surface area contributed by atoms with E-state index in [0.29, 0.717) is 12.3 Å². The Labute approximate surface area is 106 Å². The zero-order valence-electron chi connectivity index (χ0n) is 10.1. The lowest BCUT2D eigenvalue weighted by molar-refractivity contribution is 0.0447. The molecule has 0 aliphatic carbocycles. The molecule has 4 heteroatoms. The number of hydrogen-bond donors (Lipinski definition) is 0. The lowest BCUT2D eigenvalue weighted by Gasteiger charge is -2.15. The molecule has 0 bridgehead atoms. The molecule has 1 aromatic heterocycles. The molecule has 2 aromatic rings. The van der Waals surface area contributed by atoms with Crippen LogP contribution in [-0.4, -0.2) is 22.4 Å². The number of ketones is 1. The predicted molar refractivity (Wildman–Crippen MR) is 67.2 cm³/mol. The molecule has 0 aliphatic heterocycles. The van der Waals surface area contributed by atoms with E-state index in [-0.39, 0.29) is 5.78 Å². The van der Waals surface area contributed by atoms with Crippen molar-refractivity contribution in [2.24, 2.45) is 0 Å². The number of hydrogen-bond acceptors (Lipinski definition) is 4. The maximum absolute atomic E-state index is 12.3.